The first-order chi connectivity index (χ1) is 13.2. The highest BCUT2D eigenvalue weighted by Crippen LogP contribution is 2.16. The molecule has 0 aromatic heterocycles. The van der Waals surface area contributed by atoms with Crippen LogP contribution in [0.25, 0.3) is 0 Å². The Kier molecular flexibility index (Phi) is 9.97. The third-order valence-electron chi connectivity index (χ3n) is 3.77. The number of nitrogens with one attached hydrogen (secondary N) is 1. The lowest BCUT2D eigenvalue weighted by molar-refractivity contribution is -0.147. The Morgan fingerprint density at radius 3 is 2.25 bits per heavy atom. The standard InChI is InChI=1S/C17H22BrN3O6S/c18-14(17(26)27)21(8-10-4-2-1-3-5-10)15(23)12(9-28)20-13(22)7-6-11(19)16(24)25/h1-5,11-12,14,28H,6-9,19H2,(H,20,22)(H,24,25)(H,26,27). The summed E-state index contributed by atoms with van der Waals surface area (Å²) in [5, 5.41) is 20.5. The van der Waals surface area contributed by atoms with Crippen molar-refractivity contribution < 1.29 is 29.4 Å². The largest absolute Gasteiger partial charge is 0.480 e. The van der Waals surface area contributed by atoms with Gasteiger partial charge in [0.15, 0.2) is 4.95 Å². The molecule has 0 aliphatic rings. The summed E-state index contributed by atoms with van der Waals surface area (Å²) in [7, 11) is 0. The molecular formula is C17H22BrN3O6S. The molecule has 2 amide bonds. The molecule has 0 bridgehead atoms. The molecule has 0 heterocycles. The van der Waals surface area contributed by atoms with Crippen LogP contribution in [0.15, 0.2) is 30.3 Å². The van der Waals surface area contributed by atoms with E-state index in [1.807, 2.05) is 0 Å². The van der Waals surface area contributed by atoms with Crippen LogP contribution in [0.3, 0.4) is 0 Å². The Bertz CT molecular complexity index is 705. The number of hydrogen-bond donors (Lipinski definition) is 5. The van der Waals surface area contributed by atoms with Crippen LogP contribution in [-0.2, 0) is 25.7 Å². The predicted octanol–water partition coefficient (Wildman–Crippen LogP) is 0.427. The van der Waals surface area contributed by atoms with Gasteiger partial charge in [-0.25, -0.2) is 4.79 Å². The van der Waals surface area contributed by atoms with Gasteiger partial charge in [-0.05, 0) is 12.0 Å². The molecule has 3 unspecified atom stereocenters. The summed E-state index contributed by atoms with van der Waals surface area (Å²) in [6.45, 7) is 0.00588. The van der Waals surface area contributed by atoms with Crippen molar-refractivity contribution in [2.24, 2.45) is 5.73 Å². The Morgan fingerprint density at radius 1 is 1.14 bits per heavy atom. The number of benzene rings is 1. The molecule has 1 rings (SSSR count). The van der Waals surface area contributed by atoms with Crippen LogP contribution in [0.2, 0.25) is 0 Å². The fourth-order valence-electron chi connectivity index (χ4n) is 2.25. The van der Waals surface area contributed by atoms with E-state index in [1.54, 1.807) is 30.3 Å². The third kappa shape index (κ3) is 7.49. The summed E-state index contributed by atoms with van der Waals surface area (Å²) in [5.41, 5.74) is 6.06. The summed E-state index contributed by atoms with van der Waals surface area (Å²) in [5.74, 6) is -3.78. The van der Waals surface area contributed by atoms with Crippen molar-refractivity contribution in [1.29, 1.82) is 0 Å². The Hall–Kier alpha value is -2.11. The molecule has 0 aliphatic heterocycles. The minimum absolute atomic E-state index is 0.00588. The molecule has 0 saturated heterocycles. The van der Waals surface area contributed by atoms with Gasteiger partial charge in [-0.15, -0.1) is 0 Å². The van der Waals surface area contributed by atoms with E-state index in [0.717, 1.165) is 4.90 Å². The van der Waals surface area contributed by atoms with Crippen molar-refractivity contribution in [3.05, 3.63) is 35.9 Å². The zero-order chi connectivity index (χ0) is 21.3. The van der Waals surface area contributed by atoms with Crippen LogP contribution in [0.1, 0.15) is 18.4 Å². The minimum Gasteiger partial charge on any atom is -0.480 e. The van der Waals surface area contributed by atoms with E-state index >= 15 is 0 Å². The number of carboxylic acids is 2. The number of amides is 2. The molecule has 3 atom stereocenters. The molecule has 1 aromatic carbocycles. The van der Waals surface area contributed by atoms with Crippen molar-refractivity contribution in [1.82, 2.24) is 10.2 Å². The SMILES string of the molecule is NC(CCC(=O)NC(CS)C(=O)N(Cc1ccccc1)C(Br)C(=O)O)C(=O)O. The summed E-state index contributed by atoms with van der Waals surface area (Å²) < 4.78 is 0. The maximum atomic E-state index is 12.9. The number of thiol groups is 1. The Labute approximate surface area is 175 Å². The van der Waals surface area contributed by atoms with Gasteiger partial charge in [0.1, 0.15) is 12.1 Å². The molecule has 154 valence electrons. The second kappa shape index (κ2) is 11.7. The van der Waals surface area contributed by atoms with Gasteiger partial charge in [0.05, 0.1) is 0 Å². The lowest BCUT2D eigenvalue weighted by Gasteiger charge is -2.29. The number of hydrogen-bond acceptors (Lipinski definition) is 6. The number of aliphatic carboxylic acids is 2. The topological polar surface area (TPSA) is 150 Å². The molecule has 0 aliphatic carbocycles. The van der Waals surface area contributed by atoms with E-state index in [9.17, 15) is 24.3 Å². The summed E-state index contributed by atoms with van der Waals surface area (Å²) in [6, 6.07) is 6.51. The van der Waals surface area contributed by atoms with Crippen molar-refractivity contribution in [3.63, 3.8) is 0 Å². The van der Waals surface area contributed by atoms with Crippen molar-refractivity contribution in [2.45, 2.75) is 36.4 Å². The number of alkyl halides is 1. The quantitative estimate of drug-likeness (QED) is 0.177. The number of halogens is 1. The average molecular weight is 476 g/mol. The van der Waals surface area contributed by atoms with E-state index in [4.69, 9.17) is 10.8 Å². The number of carbonyl (C=O) groups is 4. The van der Waals surface area contributed by atoms with E-state index in [2.05, 4.69) is 33.9 Å². The zero-order valence-corrected chi connectivity index (χ0v) is 17.3. The molecule has 0 fully saturated rings. The summed E-state index contributed by atoms with van der Waals surface area (Å²) >= 11 is 7.05. The first kappa shape index (κ1) is 23.9. The number of nitrogens with zero attached hydrogens (tertiary/aromatic N) is 1. The van der Waals surface area contributed by atoms with Gasteiger partial charge < -0.3 is 26.2 Å². The van der Waals surface area contributed by atoms with Gasteiger partial charge in [-0.1, -0.05) is 46.3 Å². The maximum absolute atomic E-state index is 12.9. The van der Waals surface area contributed by atoms with E-state index in [1.165, 1.54) is 0 Å². The van der Waals surface area contributed by atoms with Crippen LogP contribution in [0.4, 0.5) is 0 Å². The highest BCUT2D eigenvalue weighted by atomic mass is 79.9. The fraction of sp³-hybridized carbons (Fsp3) is 0.412. The second-order valence-electron chi connectivity index (χ2n) is 5.91. The van der Waals surface area contributed by atoms with Gasteiger partial charge in [0.2, 0.25) is 11.8 Å². The first-order valence-electron chi connectivity index (χ1n) is 8.27. The fourth-order valence-corrected chi connectivity index (χ4v) is 2.84. The van der Waals surface area contributed by atoms with Crippen molar-refractivity contribution >= 4 is 52.3 Å². The van der Waals surface area contributed by atoms with Crippen LogP contribution in [0, 0.1) is 0 Å². The van der Waals surface area contributed by atoms with Gasteiger partial charge in [0, 0.05) is 18.7 Å². The maximum Gasteiger partial charge on any atom is 0.337 e. The van der Waals surface area contributed by atoms with Gasteiger partial charge in [-0.3, -0.25) is 14.4 Å². The number of carboxylic acid groups (broad SMARTS) is 2. The summed E-state index contributed by atoms with van der Waals surface area (Å²) in [6.07, 6.45) is -0.293. The monoisotopic (exact) mass is 475 g/mol. The van der Waals surface area contributed by atoms with Crippen LogP contribution < -0.4 is 11.1 Å². The smallest absolute Gasteiger partial charge is 0.337 e. The highest BCUT2D eigenvalue weighted by molar-refractivity contribution is 9.09. The third-order valence-corrected chi connectivity index (χ3v) is 5.02. The van der Waals surface area contributed by atoms with Crippen molar-refractivity contribution in [2.75, 3.05) is 5.75 Å². The molecule has 11 heteroatoms. The molecule has 5 N–H and O–H groups in total. The Morgan fingerprint density at radius 2 is 1.75 bits per heavy atom. The van der Waals surface area contributed by atoms with E-state index < -0.39 is 40.8 Å². The summed E-state index contributed by atoms with van der Waals surface area (Å²) in [4.78, 5) is 46.8. The van der Waals surface area contributed by atoms with Gasteiger partial charge >= 0.3 is 11.9 Å². The van der Waals surface area contributed by atoms with Crippen LogP contribution >= 0.6 is 28.6 Å². The van der Waals surface area contributed by atoms with Gasteiger partial charge in [0.25, 0.3) is 0 Å². The predicted molar refractivity (Wildman–Crippen MR) is 108 cm³/mol. The lowest BCUT2D eigenvalue weighted by Crippen LogP contribution is -2.53. The van der Waals surface area contributed by atoms with E-state index in [0.29, 0.717) is 5.56 Å². The molecule has 0 saturated carbocycles. The molecule has 0 spiro atoms. The van der Waals surface area contributed by atoms with Gasteiger partial charge in [-0.2, -0.15) is 12.6 Å². The molecule has 9 nitrogen and oxygen atoms in total. The molecule has 28 heavy (non-hydrogen) atoms. The zero-order valence-electron chi connectivity index (χ0n) is 14.8. The Balaban J connectivity index is 2.86. The number of nitrogens with two attached hydrogens (primary N) is 1. The van der Waals surface area contributed by atoms with Crippen LogP contribution in [0.5, 0.6) is 0 Å². The van der Waals surface area contributed by atoms with E-state index in [-0.39, 0.29) is 25.1 Å². The number of rotatable bonds is 11. The second-order valence-corrected chi connectivity index (χ2v) is 7.14. The molecular weight excluding hydrogens is 454 g/mol. The normalized spacial score (nSPS) is 13.8. The van der Waals surface area contributed by atoms with Crippen molar-refractivity contribution in [3.8, 4) is 0 Å². The minimum atomic E-state index is -1.31. The molecule has 0 radical (unpaired) electrons. The highest BCUT2D eigenvalue weighted by Gasteiger charge is 2.32. The first-order valence-corrected chi connectivity index (χ1v) is 9.82. The van der Waals surface area contributed by atoms with Crippen LogP contribution in [-0.4, -0.2) is 61.7 Å². The number of carbonyl (C=O) groups excluding carboxylic acids is 2. The average Bonchev–Trinajstić information content (AvgIpc) is 2.67. The molecule has 1 aromatic rings. The lowest BCUT2D eigenvalue weighted by atomic mass is 10.1.